The fraction of sp³-hybridized carbons (Fsp3) is 0.571. The van der Waals surface area contributed by atoms with E-state index in [1.807, 2.05) is 0 Å². The summed E-state index contributed by atoms with van der Waals surface area (Å²) in [4.78, 5) is 2.17. The number of rotatable bonds is 3. The quantitative estimate of drug-likeness (QED) is 0.863. The Balaban J connectivity index is 1.98. The zero-order valence-corrected chi connectivity index (χ0v) is 11.0. The lowest BCUT2D eigenvalue weighted by Gasteiger charge is -2.41. The average molecular weight is 286 g/mol. The van der Waals surface area contributed by atoms with Gasteiger partial charge in [0.1, 0.15) is 0 Å². The Labute approximate surface area is 115 Å². The van der Waals surface area contributed by atoms with E-state index in [1.165, 1.54) is 0 Å². The van der Waals surface area contributed by atoms with E-state index in [0.717, 1.165) is 25.0 Å². The summed E-state index contributed by atoms with van der Waals surface area (Å²) in [6, 6.07) is 2.20. The predicted octanol–water partition coefficient (Wildman–Crippen LogP) is 1.97. The molecule has 0 spiro atoms. The zero-order chi connectivity index (χ0) is 14.3. The van der Waals surface area contributed by atoms with Crippen LogP contribution >= 0.6 is 0 Å². The van der Waals surface area contributed by atoms with Crippen molar-refractivity contribution >= 4 is 0 Å². The van der Waals surface area contributed by atoms with Gasteiger partial charge in [0.2, 0.25) is 0 Å². The van der Waals surface area contributed by atoms with Gasteiger partial charge in [-0.2, -0.15) is 0 Å². The Morgan fingerprint density at radius 3 is 2.40 bits per heavy atom. The van der Waals surface area contributed by atoms with Crippen molar-refractivity contribution in [3.8, 4) is 0 Å². The van der Waals surface area contributed by atoms with Crippen LogP contribution in [0.5, 0.6) is 0 Å². The highest BCUT2D eigenvalue weighted by Crippen LogP contribution is 2.39. The Bertz CT molecular complexity index is 484. The number of halogens is 3. The summed E-state index contributed by atoms with van der Waals surface area (Å²) in [7, 11) is 0. The van der Waals surface area contributed by atoms with Gasteiger partial charge in [0.05, 0.1) is 18.8 Å². The lowest BCUT2D eigenvalue weighted by atomic mass is 9.97. The minimum absolute atomic E-state index is 0.258. The first-order chi connectivity index (χ1) is 9.61. The molecule has 3 nitrogen and oxygen atoms in total. The van der Waals surface area contributed by atoms with Crippen LogP contribution in [0.15, 0.2) is 12.1 Å². The molecule has 0 amide bonds. The van der Waals surface area contributed by atoms with E-state index in [-0.39, 0.29) is 18.7 Å². The third kappa shape index (κ3) is 2.43. The summed E-state index contributed by atoms with van der Waals surface area (Å²) in [6.07, 6.45) is 1.81. The van der Waals surface area contributed by atoms with Crippen LogP contribution in [0.4, 0.5) is 13.2 Å². The predicted molar refractivity (Wildman–Crippen MR) is 67.6 cm³/mol. The monoisotopic (exact) mass is 286 g/mol. The van der Waals surface area contributed by atoms with Crippen LogP contribution in [0.25, 0.3) is 0 Å². The van der Waals surface area contributed by atoms with Crippen molar-refractivity contribution in [2.45, 2.75) is 31.0 Å². The molecular weight excluding hydrogens is 269 g/mol. The SMILES string of the molecule is NCC1OCCN(C2CC2)C1c1cc(F)c(F)c(F)c1. The minimum atomic E-state index is -1.44. The van der Waals surface area contributed by atoms with Crippen LogP contribution < -0.4 is 5.73 Å². The van der Waals surface area contributed by atoms with Gasteiger partial charge < -0.3 is 10.5 Å². The van der Waals surface area contributed by atoms with E-state index in [1.54, 1.807) is 0 Å². The molecule has 0 aromatic heterocycles. The molecule has 3 rings (SSSR count). The lowest BCUT2D eigenvalue weighted by Crippen LogP contribution is -2.49. The molecule has 1 aliphatic heterocycles. The molecule has 1 aliphatic carbocycles. The third-order valence-corrected chi connectivity index (χ3v) is 3.99. The topological polar surface area (TPSA) is 38.5 Å². The minimum Gasteiger partial charge on any atom is -0.374 e. The van der Waals surface area contributed by atoms with Crippen LogP contribution in [0, 0.1) is 17.5 Å². The van der Waals surface area contributed by atoms with E-state index >= 15 is 0 Å². The first kappa shape index (κ1) is 13.9. The van der Waals surface area contributed by atoms with Gasteiger partial charge >= 0.3 is 0 Å². The highest BCUT2D eigenvalue weighted by Gasteiger charge is 2.41. The molecule has 6 heteroatoms. The van der Waals surface area contributed by atoms with E-state index in [9.17, 15) is 13.2 Å². The molecule has 1 aromatic rings. The smallest absolute Gasteiger partial charge is 0.194 e. The number of nitrogens with zero attached hydrogens (tertiary/aromatic N) is 1. The van der Waals surface area contributed by atoms with Crippen LogP contribution in [-0.2, 0) is 4.74 Å². The lowest BCUT2D eigenvalue weighted by molar-refractivity contribution is -0.0714. The fourth-order valence-corrected chi connectivity index (χ4v) is 2.92. The van der Waals surface area contributed by atoms with E-state index in [2.05, 4.69) is 4.90 Å². The first-order valence-electron chi connectivity index (χ1n) is 6.83. The van der Waals surface area contributed by atoms with Crippen molar-refractivity contribution in [1.29, 1.82) is 0 Å². The molecular formula is C14H17F3N2O. The summed E-state index contributed by atoms with van der Waals surface area (Å²) in [5.74, 6) is -3.78. The van der Waals surface area contributed by atoms with Crippen molar-refractivity contribution in [3.05, 3.63) is 35.1 Å². The van der Waals surface area contributed by atoms with Gasteiger partial charge in [-0.15, -0.1) is 0 Å². The summed E-state index contributed by atoms with van der Waals surface area (Å²) in [6.45, 7) is 1.52. The van der Waals surface area contributed by atoms with Gasteiger partial charge in [-0.05, 0) is 30.5 Å². The van der Waals surface area contributed by atoms with E-state index in [4.69, 9.17) is 10.5 Å². The second-order valence-corrected chi connectivity index (χ2v) is 5.36. The number of benzene rings is 1. The van der Waals surface area contributed by atoms with E-state index in [0.29, 0.717) is 24.8 Å². The van der Waals surface area contributed by atoms with Gasteiger partial charge in [-0.25, -0.2) is 13.2 Å². The normalized spacial score (nSPS) is 27.8. The number of ether oxygens (including phenoxy) is 1. The molecule has 2 fully saturated rings. The molecule has 2 unspecified atom stereocenters. The second kappa shape index (κ2) is 5.35. The molecule has 1 aromatic carbocycles. The molecule has 0 radical (unpaired) electrons. The van der Waals surface area contributed by atoms with Crippen molar-refractivity contribution in [2.75, 3.05) is 19.7 Å². The summed E-state index contributed by atoms with van der Waals surface area (Å²) in [5, 5.41) is 0. The number of hydrogen-bond acceptors (Lipinski definition) is 3. The summed E-state index contributed by atoms with van der Waals surface area (Å²) >= 11 is 0. The Morgan fingerprint density at radius 1 is 1.20 bits per heavy atom. The average Bonchev–Trinajstić information content (AvgIpc) is 3.27. The molecule has 110 valence electrons. The van der Waals surface area contributed by atoms with Crippen molar-refractivity contribution in [1.82, 2.24) is 4.90 Å². The Kier molecular flexibility index (Phi) is 3.70. The maximum Gasteiger partial charge on any atom is 0.194 e. The standard InChI is InChI=1S/C14H17F3N2O/c15-10-5-8(6-11(16)13(10)17)14-12(7-18)20-4-3-19(14)9-1-2-9/h5-6,9,12,14H,1-4,7,18H2. The maximum absolute atomic E-state index is 13.5. The summed E-state index contributed by atoms with van der Waals surface area (Å²) in [5.41, 5.74) is 6.10. The Morgan fingerprint density at radius 2 is 1.85 bits per heavy atom. The van der Waals surface area contributed by atoms with Crippen LogP contribution in [-0.4, -0.2) is 36.7 Å². The number of hydrogen-bond donors (Lipinski definition) is 1. The molecule has 0 bridgehead atoms. The van der Waals surface area contributed by atoms with E-state index < -0.39 is 17.5 Å². The van der Waals surface area contributed by atoms with Crippen molar-refractivity contribution in [3.63, 3.8) is 0 Å². The van der Waals surface area contributed by atoms with Crippen molar-refractivity contribution in [2.24, 2.45) is 5.73 Å². The third-order valence-electron chi connectivity index (χ3n) is 3.99. The van der Waals surface area contributed by atoms with Crippen molar-refractivity contribution < 1.29 is 17.9 Å². The zero-order valence-electron chi connectivity index (χ0n) is 11.0. The van der Waals surface area contributed by atoms with Gasteiger partial charge in [0.15, 0.2) is 17.5 Å². The van der Waals surface area contributed by atoms with Crippen LogP contribution in [0.1, 0.15) is 24.4 Å². The first-order valence-corrected chi connectivity index (χ1v) is 6.83. The molecule has 1 heterocycles. The molecule has 20 heavy (non-hydrogen) atoms. The number of nitrogens with two attached hydrogens (primary N) is 1. The largest absolute Gasteiger partial charge is 0.374 e. The molecule has 2 atom stereocenters. The van der Waals surface area contributed by atoms with Gasteiger partial charge in [-0.3, -0.25) is 4.90 Å². The van der Waals surface area contributed by atoms with Crippen LogP contribution in [0.2, 0.25) is 0 Å². The van der Waals surface area contributed by atoms with Crippen LogP contribution in [0.3, 0.4) is 0 Å². The van der Waals surface area contributed by atoms with Gasteiger partial charge in [-0.1, -0.05) is 0 Å². The summed E-state index contributed by atoms with van der Waals surface area (Å²) < 4.78 is 45.6. The number of morpholine rings is 1. The molecule has 2 aliphatic rings. The molecule has 1 saturated carbocycles. The maximum atomic E-state index is 13.5. The fourth-order valence-electron chi connectivity index (χ4n) is 2.92. The van der Waals surface area contributed by atoms with Gasteiger partial charge in [0, 0.05) is 19.1 Å². The highest BCUT2D eigenvalue weighted by molar-refractivity contribution is 5.25. The molecule has 2 N–H and O–H groups in total. The highest BCUT2D eigenvalue weighted by atomic mass is 19.2. The second-order valence-electron chi connectivity index (χ2n) is 5.36. The molecule has 1 saturated heterocycles. The van der Waals surface area contributed by atoms with Gasteiger partial charge in [0.25, 0.3) is 0 Å². The Hall–Kier alpha value is -1.11.